The van der Waals surface area contributed by atoms with E-state index in [0.29, 0.717) is 34.9 Å². The molecule has 0 spiro atoms. The van der Waals surface area contributed by atoms with Gasteiger partial charge in [0.25, 0.3) is 0 Å². The molecule has 0 radical (unpaired) electrons. The molecule has 2 amide bonds. The highest BCUT2D eigenvalue weighted by Crippen LogP contribution is 2.53. The Balaban J connectivity index is 0.972. The van der Waals surface area contributed by atoms with Crippen molar-refractivity contribution in [3.8, 4) is 11.5 Å². The first-order valence-corrected chi connectivity index (χ1v) is 17.8. The number of amides is 2. The molecule has 3 fully saturated rings. The summed E-state index contributed by atoms with van der Waals surface area (Å²) < 4.78 is 19.2. The van der Waals surface area contributed by atoms with Gasteiger partial charge in [0.15, 0.2) is 6.29 Å². The summed E-state index contributed by atoms with van der Waals surface area (Å²) >= 11 is 0. The van der Waals surface area contributed by atoms with Crippen LogP contribution < -0.4 is 15.4 Å². The van der Waals surface area contributed by atoms with Crippen molar-refractivity contribution in [2.45, 2.75) is 84.1 Å². The van der Waals surface area contributed by atoms with Gasteiger partial charge >= 0.3 is 6.03 Å². The van der Waals surface area contributed by atoms with E-state index in [1.54, 1.807) is 0 Å². The van der Waals surface area contributed by atoms with E-state index in [4.69, 9.17) is 14.2 Å². The van der Waals surface area contributed by atoms with Crippen LogP contribution in [0.3, 0.4) is 0 Å². The molecule has 5 atom stereocenters. The number of rotatable bonds is 10. The molecule has 4 aromatic rings. The fourth-order valence-electron chi connectivity index (χ4n) is 8.47. The Labute approximate surface area is 295 Å². The third-order valence-electron chi connectivity index (χ3n) is 10.4. The molecule has 0 aromatic heterocycles. The number of benzene rings is 4. The predicted octanol–water partition coefficient (Wildman–Crippen LogP) is 8.74. The monoisotopic (exact) mass is 675 g/mol. The zero-order valence-electron chi connectivity index (χ0n) is 29.3. The number of nitrogens with one attached hydrogen (secondary N) is 2. The number of likely N-dealkylation sites (tertiary alicyclic amines) is 1. The summed E-state index contributed by atoms with van der Waals surface area (Å²) in [5, 5.41) is 15.4. The normalized spacial score (nSPS) is 25.9. The molecule has 1 aliphatic carbocycles. The molecule has 50 heavy (non-hydrogen) atoms. The Morgan fingerprint density at radius 2 is 1.52 bits per heavy atom. The number of carbonyl (C=O) groups is 1. The first-order chi connectivity index (χ1) is 24.1. The molecule has 7 rings (SSSR count). The van der Waals surface area contributed by atoms with Gasteiger partial charge in [-0.3, -0.25) is 4.90 Å². The Kier molecular flexibility index (Phi) is 9.98. The standard InChI is InChI=1S/C42H49N3O5/c1-41(2)22-34-23-42(3,27-41)28-45(34)25-37-21-38(31-13-11-30(26-46)12-14-31)50-39(49-37)32-15-9-29(10-16-32)24-43-40(47)44-33-17-19-36(20-18-33)48-35-7-5-4-6-8-35/h4-20,34,37-39,46H,21-28H2,1-3H3,(H2,43,44,47)/t34?,37-,38+,39+,42?/m1/s1. The fraction of sp³-hybridized carbons (Fsp3) is 0.405. The lowest BCUT2D eigenvalue weighted by Gasteiger charge is -2.41. The summed E-state index contributed by atoms with van der Waals surface area (Å²) in [4.78, 5) is 15.4. The smallest absolute Gasteiger partial charge is 0.319 e. The topological polar surface area (TPSA) is 92.3 Å². The zero-order chi connectivity index (χ0) is 34.7. The highest BCUT2D eigenvalue weighted by atomic mass is 16.7. The molecular weight excluding hydrogens is 626 g/mol. The van der Waals surface area contributed by atoms with Crippen LogP contribution in [0.2, 0.25) is 0 Å². The van der Waals surface area contributed by atoms with Gasteiger partial charge in [-0.05, 0) is 83.2 Å². The fourth-order valence-corrected chi connectivity index (χ4v) is 8.47. The summed E-state index contributed by atoms with van der Waals surface area (Å²) in [6, 6.07) is 33.3. The van der Waals surface area contributed by atoms with E-state index >= 15 is 0 Å². The average molecular weight is 676 g/mol. The van der Waals surface area contributed by atoms with Crippen molar-refractivity contribution in [3.63, 3.8) is 0 Å². The van der Waals surface area contributed by atoms with Crippen LogP contribution >= 0.6 is 0 Å². The minimum Gasteiger partial charge on any atom is -0.457 e. The summed E-state index contributed by atoms with van der Waals surface area (Å²) in [5.74, 6) is 1.46. The number of fused-ring (bicyclic) bond motifs is 2. The van der Waals surface area contributed by atoms with Crippen LogP contribution in [0.1, 0.15) is 81.1 Å². The molecule has 8 heteroatoms. The van der Waals surface area contributed by atoms with Gasteiger partial charge in [-0.1, -0.05) is 87.5 Å². The second-order valence-corrected chi connectivity index (χ2v) is 15.5. The second-order valence-electron chi connectivity index (χ2n) is 15.5. The Hall–Kier alpha value is -4.21. The van der Waals surface area contributed by atoms with E-state index in [-0.39, 0.29) is 24.8 Å². The van der Waals surface area contributed by atoms with E-state index in [1.165, 1.54) is 19.3 Å². The third-order valence-corrected chi connectivity index (χ3v) is 10.4. The Morgan fingerprint density at radius 1 is 0.840 bits per heavy atom. The van der Waals surface area contributed by atoms with Crippen LogP contribution in [-0.2, 0) is 22.6 Å². The highest BCUT2D eigenvalue weighted by Gasteiger charge is 2.50. The van der Waals surface area contributed by atoms with Gasteiger partial charge in [-0.2, -0.15) is 0 Å². The van der Waals surface area contributed by atoms with Crippen LogP contribution in [-0.4, -0.2) is 41.3 Å². The van der Waals surface area contributed by atoms with Crippen molar-refractivity contribution in [1.29, 1.82) is 0 Å². The molecule has 2 unspecified atom stereocenters. The number of hydrogen-bond donors (Lipinski definition) is 3. The second kappa shape index (κ2) is 14.6. The number of ether oxygens (including phenoxy) is 3. The van der Waals surface area contributed by atoms with Crippen LogP contribution in [0.5, 0.6) is 11.5 Å². The van der Waals surface area contributed by atoms with Gasteiger partial charge in [-0.15, -0.1) is 0 Å². The SMILES string of the molecule is CC1(C)CC2CC(C)(CN2C[C@H]2C[C@@H](c3ccc(CO)cc3)O[C@@H](c3ccc(CNC(=O)Nc4ccc(Oc5ccccc5)cc4)cc3)O2)C1. The van der Waals surface area contributed by atoms with Gasteiger partial charge in [0.05, 0.1) is 18.8 Å². The zero-order valence-corrected chi connectivity index (χ0v) is 29.3. The van der Waals surface area contributed by atoms with Crippen molar-refractivity contribution >= 4 is 11.7 Å². The molecule has 2 bridgehead atoms. The lowest BCUT2D eigenvalue weighted by atomic mass is 9.65. The van der Waals surface area contributed by atoms with Crippen molar-refractivity contribution < 1.29 is 24.1 Å². The molecule has 3 aliphatic rings. The summed E-state index contributed by atoms with van der Waals surface area (Å²) in [7, 11) is 0. The quantitative estimate of drug-likeness (QED) is 0.156. The number of carbonyl (C=O) groups excluding carboxylic acids is 1. The predicted molar refractivity (Wildman–Crippen MR) is 195 cm³/mol. The van der Waals surface area contributed by atoms with Crippen LogP contribution in [0, 0.1) is 10.8 Å². The van der Waals surface area contributed by atoms with Gasteiger partial charge in [0.2, 0.25) is 0 Å². The maximum absolute atomic E-state index is 12.7. The largest absolute Gasteiger partial charge is 0.457 e. The number of nitrogens with zero attached hydrogens (tertiary/aromatic N) is 1. The molecule has 4 aromatic carbocycles. The molecule has 2 heterocycles. The van der Waals surface area contributed by atoms with E-state index in [0.717, 1.165) is 47.5 Å². The lowest BCUT2D eigenvalue weighted by molar-refractivity contribution is -0.253. The first-order valence-electron chi connectivity index (χ1n) is 17.8. The number of urea groups is 1. The number of hydrogen-bond acceptors (Lipinski definition) is 6. The van der Waals surface area contributed by atoms with E-state index in [9.17, 15) is 9.90 Å². The van der Waals surface area contributed by atoms with E-state index in [1.807, 2.05) is 91.0 Å². The summed E-state index contributed by atoms with van der Waals surface area (Å²) in [5.41, 5.74) is 5.31. The molecule has 8 nitrogen and oxygen atoms in total. The van der Waals surface area contributed by atoms with Crippen LogP contribution in [0.15, 0.2) is 103 Å². The number of aliphatic hydroxyl groups is 1. The minimum absolute atomic E-state index is 0.0198. The molecular formula is C42H49N3O5. The maximum Gasteiger partial charge on any atom is 0.319 e. The van der Waals surface area contributed by atoms with Crippen molar-refractivity contribution in [2.75, 3.05) is 18.4 Å². The van der Waals surface area contributed by atoms with E-state index < -0.39 is 6.29 Å². The molecule has 262 valence electrons. The van der Waals surface area contributed by atoms with Gasteiger partial charge in [0.1, 0.15) is 11.5 Å². The maximum atomic E-state index is 12.7. The van der Waals surface area contributed by atoms with E-state index in [2.05, 4.69) is 48.4 Å². The summed E-state index contributed by atoms with van der Waals surface area (Å²) in [6.07, 6.45) is 3.92. The minimum atomic E-state index is -0.510. The summed E-state index contributed by atoms with van der Waals surface area (Å²) in [6.45, 7) is 9.70. The molecule has 2 aliphatic heterocycles. The number of aliphatic hydroxyl groups excluding tert-OH is 1. The van der Waals surface area contributed by atoms with Crippen LogP contribution in [0.25, 0.3) is 0 Å². The average Bonchev–Trinajstić information content (AvgIpc) is 3.35. The van der Waals surface area contributed by atoms with Crippen molar-refractivity contribution in [3.05, 3.63) is 125 Å². The Bertz CT molecular complexity index is 1730. The van der Waals surface area contributed by atoms with Gasteiger partial charge in [0, 0.05) is 43.3 Å². The van der Waals surface area contributed by atoms with Crippen molar-refractivity contribution in [2.24, 2.45) is 10.8 Å². The molecule has 1 saturated carbocycles. The van der Waals surface area contributed by atoms with Crippen molar-refractivity contribution in [1.82, 2.24) is 10.2 Å². The number of anilines is 1. The lowest BCUT2D eigenvalue weighted by Crippen LogP contribution is -2.42. The van der Waals surface area contributed by atoms with Crippen LogP contribution in [0.4, 0.5) is 10.5 Å². The van der Waals surface area contributed by atoms with Gasteiger partial charge in [-0.25, -0.2) is 4.79 Å². The third kappa shape index (κ3) is 8.38. The highest BCUT2D eigenvalue weighted by molar-refractivity contribution is 5.89. The van der Waals surface area contributed by atoms with Gasteiger partial charge < -0.3 is 30.0 Å². The molecule has 2 saturated heterocycles. The molecule has 3 N–H and O–H groups in total. The first kappa shape index (κ1) is 34.2. The number of para-hydroxylation sites is 1. The Morgan fingerprint density at radius 3 is 2.24 bits per heavy atom.